The van der Waals surface area contributed by atoms with Crippen molar-refractivity contribution >= 4 is 35.0 Å². The number of nitrogen functional groups attached to an aromatic ring is 1. The Balaban J connectivity index is 1.51. The number of hydrogen-bond donors (Lipinski definition) is 3. The molecule has 0 saturated heterocycles. The molecule has 4 N–H and O–H groups in total. The Kier molecular flexibility index (Phi) is 7.14. The quantitative estimate of drug-likeness (QED) is 0.200. The summed E-state index contributed by atoms with van der Waals surface area (Å²) in [6.45, 7) is 1.76. The van der Waals surface area contributed by atoms with E-state index in [1.54, 1.807) is 25.3 Å². The van der Waals surface area contributed by atoms with Crippen LogP contribution in [-0.4, -0.2) is 43.6 Å². The number of thioether (sulfide) groups is 1. The van der Waals surface area contributed by atoms with E-state index in [4.69, 9.17) is 5.84 Å². The van der Waals surface area contributed by atoms with E-state index in [0.29, 0.717) is 17.1 Å². The first kappa shape index (κ1) is 22.9. The minimum atomic E-state index is -4.78. The first-order valence-electron chi connectivity index (χ1n) is 8.92. The smallest absolute Gasteiger partial charge is 0.406 e. The molecule has 168 valence electrons. The lowest BCUT2D eigenvalue weighted by Gasteiger charge is -2.10. The van der Waals surface area contributed by atoms with Crippen LogP contribution in [0.2, 0.25) is 0 Å². The zero-order valence-corrected chi connectivity index (χ0v) is 17.3. The fourth-order valence-electron chi connectivity index (χ4n) is 2.29. The Morgan fingerprint density at radius 2 is 1.97 bits per heavy atom. The van der Waals surface area contributed by atoms with Crippen molar-refractivity contribution in [3.05, 3.63) is 54.4 Å². The number of carbonyl (C=O) groups is 1. The van der Waals surface area contributed by atoms with Crippen LogP contribution >= 0.6 is 11.8 Å². The molecule has 0 fully saturated rings. The van der Waals surface area contributed by atoms with Gasteiger partial charge in [-0.1, -0.05) is 17.8 Å². The van der Waals surface area contributed by atoms with Gasteiger partial charge >= 0.3 is 6.36 Å². The molecular formula is C18H17F3N8O2S. The summed E-state index contributed by atoms with van der Waals surface area (Å²) in [5, 5.41) is 14.7. The van der Waals surface area contributed by atoms with Crippen LogP contribution in [0.5, 0.6) is 5.75 Å². The third-order valence-electron chi connectivity index (χ3n) is 3.73. The molecule has 0 unspecified atom stereocenters. The number of halogens is 3. The lowest BCUT2D eigenvalue weighted by atomic mass is 10.3. The first-order chi connectivity index (χ1) is 15.2. The Labute approximate surface area is 184 Å². The third kappa shape index (κ3) is 6.60. The van der Waals surface area contributed by atoms with Gasteiger partial charge in [0.05, 0.1) is 17.2 Å². The van der Waals surface area contributed by atoms with Crippen LogP contribution in [-0.2, 0) is 4.79 Å². The maximum atomic E-state index is 12.2. The number of nitrogens with one attached hydrogen (secondary N) is 2. The van der Waals surface area contributed by atoms with Crippen molar-refractivity contribution in [2.75, 3.05) is 22.3 Å². The number of hydrogen-bond acceptors (Lipinski definition) is 9. The molecule has 0 atom stereocenters. The zero-order chi connectivity index (χ0) is 23.1. The monoisotopic (exact) mass is 466 g/mol. The number of carbonyl (C=O) groups excluding carboxylic acids is 1. The van der Waals surface area contributed by atoms with Crippen LogP contribution < -0.4 is 21.3 Å². The standard InChI is InChI=1S/C18H17F3N8O2S/c1-11(14-4-2-3-9-23-14)25-26-16-27-28-17(29(16)22)32-10-15(30)24-12-5-7-13(8-6-12)31-18(19,20)21/h2-9H,10,22H2,1H3,(H,24,30)(H,26,27)/b25-11+. The number of alkyl halides is 3. The Morgan fingerprint density at radius 1 is 1.22 bits per heavy atom. The molecule has 3 rings (SSSR count). The average molecular weight is 466 g/mol. The average Bonchev–Trinajstić information content (AvgIpc) is 3.11. The largest absolute Gasteiger partial charge is 0.573 e. The number of amides is 1. The van der Waals surface area contributed by atoms with Crippen molar-refractivity contribution in [2.24, 2.45) is 5.10 Å². The Bertz CT molecular complexity index is 1090. The predicted octanol–water partition coefficient (Wildman–Crippen LogP) is 2.85. The second-order valence-corrected chi connectivity index (χ2v) is 7.05. The highest BCUT2D eigenvalue weighted by Gasteiger charge is 2.30. The third-order valence-corrected chi connectivity index (χ3v) is 4.67. The number of anilines is 2. The highest BCUT2D eigenvalue weighted by atomic mass is 32.2. The number of nitrogens with zero attached hydrogens (tertiary/aromatic N) is 5. The molecule has 2 aromatic heterocycles. The Morgan fingerprint density at radius 3 is 2.62 bits per heavy atom. The maximum Gasteiger partial charge on any atom is 0.573 e. The zero-order valence-electron chi connectivity index (χ0n) is 16.5. The first-order valence-corrected chi connectivity index (χ1v) is 9.90. The molecule has 3 aromatic rings. The number of hydrazone groups is 1. The summed E-state index contributed by atoms with van der Waals surface area (Å²) < 4.78 is 41.5. The summed E-state index contributed by atoms with van der Waals surface area (Å²) in [5.41, 5.74) is 4.27. The van der Waals surface area contributed by atoms with Gasteiger partial charge in [0, 0.05) is 11.9 Å². The molecule has 0 aliphatic heterocycles. The van der Waals surface area contributed by atoms with Gasteiger partial charge in [-0.3, -0.25) is 9.78 Å². The number of pyridine rings is 1. The number of aromatic nitrogens is 4. The van der Waals surface area contributed by atoms with Gasteiger partial charge in [0.25, 0.3) is 5.95 Å². The molecule has 0 bridgehead atoms. The van der Waals surface area contributed by atoms with Crippen LogP contribution in [0.15, 0.2) is 58.9 Å². The lowest BCUT2D eigenvalue weighted by Crippen LogP contribution is -2.18. The number of nitrogens with two attached hydrogens (primary N) is 1. The Hall–Kier alpha value is -3.81. The lowest BCUT2D eigenvalue weighted by molar-refractivity contribution is -0.274. The molecule has 0 radical (unpaired) electrons. The summed E-state index contributed by atoms with van der Waals surface area (Å²) in [6, 6.07) is 10.2. The maximum absolute atomic E-state index is 12.2. The fourth-order valence-corrected chi connectivity index (χ4v) is 2.94. The van der Waals surface area contributed by atoms with Crippen molar-refractivity contribution in [2.45, 2.75) is 18.4 Å². The second kappa shape index (κ2) is 10.00. The van der Waals surface area contributed by atoms with Gasteiger partial charge in [0.1, 0.15) is 5.75 Å². The van der Waals surface area contributed by atoms with Crippen molar-refractivity contribution in [1.29, 1.82) is 0 Å². The van der Waals surface area contributed by atoms with E-state index in [1.807, 2.05) is 6.07 Å². The molecule has 1 amide bonds. The minimum Gasteiger partial charge on any atom is -0.406 e. The molecule has 0 saturated carbocycles. The number of rotatable bonds is 8. The van der Waals surface area contributed by atoms with Gasteiger partial charge in [-0.15, -0.1) is 23.4 Å². The summed E-state index contributed by atoms with van der Waals surface area (Å²) >= 11 is 1.01. The normalized spacial score (nSPS) is 11.8. The van der Waals surface area contributed by atoms with E-state index in [-0.39, 0.29) is 22.6 Å². The van der Waals surface area contributed by atoms with E-state index in [2.05, 4.69) is 35.8 Å². The minimum absolute atomic E-state index is 0.0631. The molecule has 32 heavy (non-hydrogen) atoms. The summed E-state index contributed by atoms with van der Waals surface area (Å²) in [7, 11) is 0. The van der Waals surface area contributed by atoms with Gasteiger partial charge in [0.15, 0.2) is 0 Å². The molecule has 0 aliphatic carbocycles. The van der Waals surface area contributed by atoms with Crippen LogP contribution in [0, 0.1) is 0 Å². The van der Waals surface area contributed by atoms with Crippen LogP contribution in [0.4, 0.5) is 24.8 Å². The van der Waals surface area contributed by atoms with Crippen molar-refractivity contribution in [1.82, 2.24) is 19.9 Å². The van der Waals surface area contributed by atoms with Gasteiger partial charge < -0.3 is 15.9 Å². The van der Waals surface area contributed by atoms with E-state index >= 15 is 0 Å². The molecular weight excluding hydrogens is 449 g/mol. The summed E-state index contributed by atoms with van der Waals surface area (Å²) in [5.74, 6) is 5.21. The molecule has 0 aliphatic rings. The highest BCUT2D eigenvalue weighted by Crippen LogP contribution is 2.24. The molecule has 0 spiro atoms. The van der Waals surface area contributed by atoms with E-state index in [9.17, 15) is 18.0 Å². The van der Waals surface area contributed by atoms with Crippen molar-refractivity contribution in [3.8, 4) is 5.75 Å². The summed E-state index contributed by atoms with van der Waals surface area (Å²) in [6.07, 6.45) is -3.14. The topological polar surface area (TPSA) is 132 Å². The highest BCUT2D eigenvalue weighted by molar-refractivity contribution is 7.99. The van der Waals surface area contributed by atoms with Gasteiger partial charge in [-0.2, -0.15) is 5.10 Å². The van der Waals surface area contributed by atoms with Crippen molar-refractivity contribution in [3.63, 3.8) is 0 Å². The van der Waals surface area contributed by atoms with Crippen LogP contribution in [0.25, 0.3) is 0 Å². The molecule has 10 nitrogen and oxygen atoms in total. The number of ether oxygens (including phenoxy) is 1. The van der Waals surface area contributed by atoms with Crippen LogP contribution in [0.3, 0.4) is 0 Å². The molecule has 14 heteroatoms. The van der Waals surface area contributed by atoms with Crippen LogP contribution in [0.1, 0.15) is 12.6 Å². The van der Waals surface area contributed by atoms with Crippen molar-refractivity contribution < 1.29 is 22.7 Å². The SMILES string of the molecule is C/C(=N\Nc1nnc(SCC(=O)Nc2ccc(OC(F)(F)F)cc2)n1N)c1ccccn1. The second-order valence-electron chi connectivity index (χ2n) is 6.11. The van der Waals surface area contributed by atoms with Gasteiger partial charge in [0.2, 0.25) is 11.1 Å². The molecule has 2 heterocycles. The van der Waals surface area contributed by atoms with E-state index < -0.39 is 12.3 Å². The fraction of sp³-hybridized carbons (Fsp3) is 0.167. The van der Waals surface area contributed by atoms with E-state index in [1.165, 1.54) is 12.1 Å². The number of benzene rings is 1. The van der Waals surface area contributed by atoms with E-state index in [0.717, 1.165) is 28.6 Å². The van der Waals surface area contributed by atoms with Gasteiger partial charge in [-0.25, -0.2) is 10.1 Å². The van der Waals surface area contributed by atoms with Gasteiger partial charge in [-0.05, 0) is 43.3 Å². The summed E-state index contributed by atoms with van der Waals surface area (Å²) in [4.78, 5) is 16.3. The molecule has 1 aromatic carbocycles. The predicted molar refractivity (Wildman–Crippen MR) is 113 cm³/mol.